The van der Waals surface area contributed by atoms with Crippen molar-refractivity contribution in [1.82, 2.24) is 9.55 Å². The highest BCUT2D eigenvalue weighted by Gasteiger charge is 2.46. The van der Waals surface area contributed by atoms with Gasteiger partial charge in [0.1, 0.15) is 17.0 Å². The van der Waals surface area contributed by atoms with Crippen molar-refractivity contribution < 1.29 is 18.3 Å². The van der Waals surface area contributed by atoms with Gasteiger partial charge in [-0.25, -0.2) is 4.98 Å². The SMILES string of the molecule is O=C(Nc1ccc[n+]([O-])c1)c1cccc2c1nc1n2C(F)(F)c2cc(Cl)ccc2-1. The van der Waals surface area contributed by atoms with E-state index < -0.39 is 12.0 Å². The molecule has 144 valence electrons. The van der Waals surface area contributed by atoms with Gasteiger partial charge < -0.3 is 10.5 Å². The lowest BCUT2D eigenvalue weighted by molar-refractivity contribution is -0.604. The number of imidazole rings is 1. The molecule has 1 N–H and O–H groups in total. The molecule has 0 aliphatic carbocycles. The summed E-state index contributed by atoms with van der Waals surface area (Å²) < 4.78 is 31.6. The number of rotatable bonds is 2. The summed E-state index contributed by atoms with van der Waals surface area (Å²) in [6, 6.07) is 8.41. The Kier molecular flexibility index (Phi) is 3.63. The van der Waals surface area contributed by atoms with E-state index in [4.69, 9.17) is 11.6 Å². The molecule has 0 spiro atoms. The zero-order valence-electron chi connectivity index (χ0n) is 14.6. The monoisotopic (exact) mass is 412 g/mol. The number of halogens is 3. The summed E-state index contributed by atoms with van der Waals surface area (Å²) in [5.74, 6) is -0.493. The molecule has 0 radical (unpaired) electrons. The molecule has 5 rings (SSSR count). The van der Waals surface area contributed by atoms with Gasteiger partial charge in [0.25, 0.3) is 5.91 Å². The molecule has 0 atom stereocenters. The van der Waals surface area contributed by atoms with Gasteiger partial charge in [-0.1, -0.05) is 17.7 Å². The van der Waals surface area contributed by atoms with Crippen LogP contribution in [0, 0.1) is 5.21 Å². The minimum atomic E-state index is -3.35. The zero-order chi connectivity index (χ0) is 20.3. The maximum Gasteiger partial charge on any atom is 0.358 e. The summed E-state index contributed by atoms with van der Waals surface area (Å²) >= 11 is 5.89. The first kappa shape index (κ1) is 17.6. The number of hydrogen-bond donors (Lipinski definition) is 1. The molecule has 1 amide bonds. The number of carbonyl (C=O) groups is 1. The van der Waals surface area contributed by atoms with Crippen molar-refractivity contribution in [3.63, 3.8) is 0 Å². The summed E-state index contributed by atoms with van der Waals surface area (Å²) in [4.78, 5) is 17.1. The highest BCUT2D eigenvalue weighted by atomic mass is 35.5. The van der Waals surface area contributed by atoms with Gasteiger partial charge in [-0.2, -0.15) is 13.5 Å². The van der Waals surface area contributed by atoms with Gasteiger partial charge in [-0.15, -0.1) is 0 Å². The summed E-state index contributed by atoms with van der Waals surface area (Å²) in [5, 5.41) is 14.2. The van der Waals surface area contributed by atoms with E-state index in [-0.39, 0.29) is 44.3 Å². The fraction of sp³-hybridized carbons (Fsp3) is 0.0500. The third kappa shape index (κ3) is 2.56. The number of anilines is 1. The Hall–Kier alpha value is -3.52. The van der Waals surface area contributed by atoms with Gasteiger partial charge in [0.2, 0.25) is 6.20 Å². The van der Waals surface area contributed by atoms with Crippen molar-refractivity contribution in [1.29, 1.82) is 0 Å². The van der Waals surface area contributed by atoms with Gasteiger partial charge >= 0.3 is 6.05 Å². The van der Waals surface area contributed by atoms with E-state index in [1.807, 2.05) is 0 Å². The highest BCUT2D eigenvalue weighted by molar-refractivity contribution is 6.30. The Morgan fingerprint density at radius 3 is 2.83 bits per heavy atom. The lowest BCUT2D eigenvalue weighted by Gasteiger charge is -2.15. The number of alkyl halides is 2. The number of carbonyl (C=O) groups excluding carboxylic acids is 1. The molecule has 0 fully saturated rings. The van der Waals surface area contributed by atoms with Crippen molar-refractivity contribution in [2.75, 3.05) is 5.32 Å². The standard InChI is InChI=1S/C20H11ClF2N4O2/c21-11-6-7-13-15(9-11)20(22,23)27-16-5-1-4-14(17(16)25-18(13)27)19(28)24-12-3-2-8-26(29)10-12/h1-10H,(H,24,28). The second-order valence-corrected chi connectivity index (χ2v) is 7.02. The van der Waals surface area contributed by atoms with Gasteiger partial charge in [0.15, 0.2) is 6.20 Å². The molecule has 0 unspecified atom stereocenters. The third-order valence-corrected chi connectivity index (χ3v) is 5.03. The molecular weight excluding hydrogens is 402 g/mol. The van der Waals surface area contributed by atoms with Crippen molar-refractivity contribution in [2.45, 2.75) is 6.05 Å². The van der Waals surface area contributed by atoms with Crippen LogP contribution < -0.4 is 10.0 Å². The van der Waals surface area contributed by atoms with Crippen LogP contribution in [0.5, 0.6) is 0 Å². The second-order valence-electron chi connectivity index (χ2n) is 6.58. The van der Waals surface area contributed by atoms with Crippen molar-refractivity contribution in [2.24, 2.45) is 0 Å². The minimum Gasteiger partial charge on any atom is -0.619 e. The normalized spacial score (nSPS) is 13.9. The molecule has 1 aliphatic heterocycles. The van der Waals surface area contributed by atoms with E-state index in [0.29, 0.717) is 4.73 Å². The van der Waals surface area contributed by atoms with Gasteiger partial charge in [0, 0.05) is 16.7 Å². The Balaban J connectivity index is 1.65. The fourth-order valence-corrected chi connectivity index (χ4v) is 3.73. The van der Waals surface area contributed by atoms with Gasteiger partial charge in [-0.05, 0) is 36.4 Å². The molecular formula is C20H11ClF2N4O2. The van der Waals surface area contributed by atoms with Crippen LogP contribution in [0.4, 0.5) is 14.5 Å². The molecule has 0 saturated carbocycles. The minimum absolute atomic E-state index is 0.0639. The number of benzene rings is 2. The van der Waals surface area contributed by atoms with Crippen LogP contribution in [0.25, 0.3) is 22.4 Å². The van der Waals surface area contributed by atoms with Crippen LogP contribution in [0.3, 0.4) is 0 Å². The predicted octanol–water partition coefficient (Wildman–Crippen LogP) is 4.15. The smallest absolute Gasteiger partial charge is 0.358 e. The van der Waals surface area contributed by atoms with E-state index in [2.05, 4.69) is 10.3 Å². The van der Waals surface area contributed by atoms with Crippen LogP contribution in [-0.4, -0.2) is 15.5 Å². The van der Waals surface area contributed by atoms with Gasteiger partial charge in [0.05, 0.1) is 16.6 Å². The average molecular weight is 413 g/mol. The summed E-state index contributed by atoms with van der Waals surface area (Å²) in [6.07, 6.45) is 2.47. The highest BCUT2D eigenvalue weighted by Crippen LogP contribution is 2.48. The molecule has 6 nitrogen and oxygen atoms in total. The first-order valence-electron chi connectivity index (χ1n) is 8.56. The molecule has 2 aromatic heterocycles. The Bertz CT molecular complexity index is 1320. The van der Waals surface area contributed by atoms with Crippen molar-refractivity contribution in [3.05, 3.63) is 82.3 Å². The molecule has 29 heavy (non-hydrogen) atoms. The van der Waals surface area contributed by atoms with Crippen LogP contribution in [0.15, 0.2) is 60.9 Å². The van der Waals surface area contributed by atoms with Crippen LogP contribution in [0.2, 0.25) is 5.02 Å². The molecule has 3 heterocycles. The molecule has 2 aromatic carbocycles. The van der Waals surface area contributed by atoms with E-state index in [0.717, 1.165) is 4.57 Å². The van der Waals surface area contributed by atoms with Crippen LogP contribution in [0.1, 0.15) is 15.9 Å². The van der Waals surface area contributed by atoms with E-state index in [1.165, 1.54) is 54.9 Å². The molecule has 4 aromatic rings. The predicted molar refractivity (Wildman–Crippen MR) is 103 cm³/mol. The maximum atomic E-state index is 15.1. The quantitative estimate of drug-likeness (QED) is 0.397. The first-order valence-corrected chi connectivity index (χ1v) is 8.94. The zero-order valence-corrected chi connectivity index (χ0v) is 15.3. The molecule has 9 heteroatoms. The molecule has 0 saturated heterocycles. The lowest BCUT2D eigenvalue weighted by atomic mass is 10.1. The number of para-hydroxylation sites is 1. The van der Waals surface area contributed by atoms with E-state index in [9.17, 15) is 10.0 Å². The lowest BCUT2D eigenvalue weighted by Crippen LogP contribution is -2.25. The number of nitrogens with zero attached hydrogens (tertiary/aromatic N) is 3. The van der Waals surface area contributed by atoms with E-state index >= 15 is 8.78 Å². The average Bonchev–Trinajstić information content (AvgIpc) is 3.16. The number of amides is 1. The third-order valence-electron chi connectivity index (χ3n) is 4.79. The van der Waals surface area contributed by atoms with Crippen molar-refractivity contribution >= 4 is 34.2 Å². The molecule has 1 aliphatic rings. The second kappa shape index (κ2) is 5.99. The Morgan fingerprint density at radius 1 is 1.21 bits per heavy atom. The number of pyridine rings is 1. The number of aromatic nitrogens is 3. The van der Waals surface area contributed by atoms with Crippen molar-refractivity contribution in [3.8, 4) is 11.4 Å². The summed E-state index contributed by atoms with van der Waals surface area (Å²) in [6.45, 7) is 0. The summed E-state index contributed by atoms with van der Waals surface area (Å²) in [7, 11) is 0. The number of nitrogens with one attached hydrogen (secondary N) is 1. The van der Waals surface area contributed by atoms with Crippen LogP contribution in [-0.2, 0) is 6.05 Å². The maximum absolute atomic E-state index is 15.1. The molecule has 0 bridgehead atoms. The van der Waals surface area contributed by atoms with Crippen LogP contribution >= 0.6 is 11.6 Å². The number of hydrogen-bond acceptors (Lipinski definition) is 3. The van der Waals surface area contributed by atoms with E-state index in [1.54, 1.807) is 6.07 Å². The van der Waals surface area contributed by atoms with Gasteiger partial charge in [-0.3, -0.25) is 9.36 Å². The largest absolute Gasteiger partial charge is 0.619 e. The fourth-order valence-electron chi connectivity index (χ4n) is 3.56. The number of fused-ring (bicyclic) bond motifs is 5. The summed E-state index contributed by atoms with van der Waals surface area (Å²) in [5.41, 5.74) is 0.702. The topological polar surface area (TPSA) is 73.9 Å². The Morgan fingerprint density at radius 2 is 2.03 bits per heavy atom. The Labute approximate surface area is 167 Å². The first-order chi connectivity index (χ1) is 13.9.